The van der Waals surface area contributed by atoms with E-state index in [0.717, 1.165) is 0 Å². The number of nitriles is 1. The number of aromatic nitrogens is 4. The zero-order valence-electron chi connectivity index (χ0n) is 7.85. The molecule has 0 fully saturated rings. The number of rotatable bonds is 1. The van der Waals surface area contributed by atoms with Crippen LogP contribution in [-0.4, -0.2) is 19.7 Å². The summed E-state index contributed by atoms with van der Waals surface area (Å²) < 4.78 is 1.39. The van der Waals surface area contributed by atoms with E-state index in [2.05, 4.69) is 15.1 Å². The molecule has 0 bridgehead atoms. The summed E-state index contributed by atoms with van der Waals surface area (Å²) in [4.78, 5) is 7.94. The molecule has 0 aliphatic carbocycles. The van der Waals surface area contributed by atoms with Crippen molar-refractivity contribution in [2.75, 3.05) is 0 Å². The van der Waals surface area contributed by atoms with E-state index in [4.69, 9.17) is 16.9 Å². The van der Waals surface area contributed by atoms with Crippen molar-refractivity contribution < 1.29 is 0 Å². The van der Waals surface area contributed by atoms with Crippen LogP contribution in [0.5, 0.6) is 0 Å². The predicted octanol–water partition coefficient (Wildman–Crippen LogP) is 1.50. The SMILES string of the molecule is Cc1nn(-c2cnccn2)c(Cl)c1C#N. The lowest BCUT2D eigenvalue weighted by atomic mass is 10.3. The van der Waals surface area contributed by atoms with E-state index in [0.29, 0.717) is 17.1 Å². The van der Waals surface area contributed by atoms with Crippen molar-refractivity contribution in [3.63, 3.8) is 0 Å². The molecule has 0 aliphatic rings. The van der Waals surface area contributed by atoms with Crippen LogP contribution in [-0.2, 0) is 0 Å². The van der Waals surface area contributed by atoms with E-state index >= 15 is 0 Å². The van der Waals surface area contributed by atoms with Crippen molar-refractivity contribution in [2.24, 2.45) is 0 Å². The fraction of sp³-hybridized carbons (Fsp3) is 0.111. The number of nitrogens with zero attached hydrogens (tertiary/aromatic N) is 5. The maximum absolute atomic E-state index is 8.84. The second-order valence-corrected chi connectivity index (χ2v) is 3.20. The van der Waals surface area contributed by atoms with Crippen molar-refractivity contribution in [1.29, 1.82) is 5.26 Å². The van der Waals surface area contributed by atoms with Crippen molar-refractivity contribution >= 4 is 11.6 Å². The van der Waals surface area contributed by atoms with E-state index in [9.17, 15) is 0 Å². The summed E-state index contributed by atoms with van der Waals surface area (Å²) >= 11 is 5.97. The molecule has 0 saturated heterocycles. The third kappa shape index (κ3) is 1.55. The highest BCUT2D eigenvalue weighted by molar-refractivity contribution is 6.31. The minimum Gasteiger partial charge on any atom is -0.259 e. The molecule has 74 valence electrons. The molecule has 2 heterocycles. The van der Waals surface area contributed by atoms with Crippen molar-refractivity contribution in [1.82, 2.24) is 19.7 Å². The molecular weight excluding hydrogens is 214 g/mol. The number of hydrogen-bond acceptors (Lipinski definition) is 4. The van der Waals surface area contributed by atoms with Gasteiger partial charge in [-0.05, 0) is 6.92 Å². The summed E-state index contributed by atoms with van der Waals surface area (Å²) in [5, 5.41) is 13.2. The van der Waals surface area contributed by atoms with Crippen LogP contribution >= 0.6 is 11.6 Å². The average Bonchev–Trinajstić information content (AvgIpc) is 2.55. The molecule has 0 atom stereocenters. The van der Waals surface area contributed by atoms with Crippen LogP contribution in [0.25, 0.3) is 5.82 Å². The predicted molar refractivity (Wildman–Crippen MR) is 53.6 cm³/mol. The summed E-state index contributed by atoms with van der Waals surface area (Å²) in [6.45, 7) is 1.72. The Kier molecular flexibility index (Phi) is 2.35. The minimum atomic E-state index is 0.260. The Bertz CT molecular complexity index is 525. The second-order valence-electron chi connectivity index (χ2n) is 2.84. The van der Waals surface area contributed by atoms with E-state index in [1.54, 1.807) is 13.1 Å². The number of halogens is 1. The molecule has 0 radical (unpaired) electrons. The molecule has 5 nitrogen and oxygen atoms in total. The minimum absolute atomic E-state index is 0.260. The van der Waals surface area contributed by atoms with E-state index < -0.39 is 0 Å². The van der Waals surface area contributed by atoms with Crippen molar-refractivity contribution in [3.8, 4) is 11.9 Å². The van der Waals surface area contributed by atoms with Crippen LogP contribution in [0.1, 0.15) is 11.3 Å². The van der Waals surface area contributed by atoms with Gasteiger partial charge in [-0.25, -0.2) is 9.67 Å². The zero-order valence-corrected chi connectivity index (χ0v) is 8.60. The van der Waals surface area contributed by atoms with Gasteiger partial charge < -0.3 is 0 Å². The highest BCUT2D eigenvalue weighted by atomic mass is 35.5. The smallest absolute Gasteiger partial charge is 0.173 e. The van der Waals surface area contributed by atoms with Gasteiger partial charge in [0, 0.05) is 12.4 Å². The molecule has 2 aromatic heterocycles. The summed E-state index contributed by atoms with van der Waals surface area (Å²) in [6, 6.07) is 1.99. The first-order chi connectivity index (χ1) is 7.24. The molecule has 0 unspecified atom stereocenters. The highest BCUT2D eigenvalue weighted by Crippen LogP contribution is 2.20. The maximum atomic E-state index is 8.84. The van der Waals surface area contributed by atoms with Gasteiger partial charge in [0.25, 0.3) is 0 Å². The highest BCUT2D eigenvalue weighted by Gasteiger charge is 2.14. The van der Waals surface area contributed by atoms with E-state index in [1.165, 1.54) is 17.1 Å². The van der Waals surface area contributed by atoms with E-state index in [-0.39, 0.29) is 5.15 Å². The fourth-order valence-corrected chi connectivity index (χ4v) is 1.48. The zero-order chi connectivity index (χ0) is 10.8. The Morgan fingerprint density at radius 1 is 1.47 bits per heavy atom. The standard InChI is InChI=1S/C9H6ClN5/c1-6-7(4-11)9(10)15(14-6)8-5-12-2-3-13-8/h2-3,5H,1H3. The molecule has 0 amide bonds. The molecule has 0 N–H and O–H groups in total. The molecule has 0 aliphatic heterocycles. The number of aryl methyl sites for hydroxylation is 1. The van der Waals surface area contributed by atoms with Gasteiger partial charge in [0.15, 0.2) is 11.0 Å². The lowest BCUT2D eigenvalue weighted by molar-refractivity contribution is 0.825. The third-order valence-electron chi connectivity index (χ3n) is 1.88. The van der Waals surface area contributed by atoms with Gasteiger partial charge in [0.05, 0.1) is 11.9 Å². The second kappa shape index (κ2) is 3.67. The van der Waals surface area contributed by atoms with Crippen molar-refractivity contribution in [2.45, 2.75) is 6.92 Å². The van der Waals surface area contributed by atoms with Crippen LogP contribution in [0.3, 0.4) is 0 Å². The van der Waals surface area contributed by atoms with Crippen LogP contribution in [0.15, 0.2) is 18.6 Å². The lowest BCUT2D eigenvalue weighted by Gasteiger charge is -1.99. The van der Waals surface area contributed by atoms with Gasteiger partial charge >= 0.3 is 0 Å². The quantitative estimate of drug-likeness (QED) is 0.729. The summed E-state index contributed by atoms with van der Waals surface area (Å²) in [5.41, 5.74) is 0.940. The Morgan fingerprint density at radius 3 is 2.80 bits per heavy atom. The summed E-state index contributed by atoms with van der Waals surface area (Å²) in [5.74, 6) is 0.493. The summed E-state index contributed by atoms with van der Waals surface area (Å²) in [7, 11) is 0. The first-order valence-corrected chi connectivity index (χ1v) is 4.53. The molecular formula is C9H6ClN5. The fourth-order valence-electron chi connectivity index (χ4n) is 1.18. The van der Waals surface area contributed by atoms with Crippen LogP contribution in [0.4, 0.5) is 0 Å². The topological polar surface area (TPSA) is 67.4 Å². The Morgan fingerprint density at radius 2 is 2.27 bits per heavy atom. The molecule has 2 rings (SSSR count). The number of hydrogen-bond donors (Lipinski definition) is 0. The third-order valence-corrected chi connectivity index (χ3v) is 2.23. The van der Waals surface area contributed by atoms with Crippen LogP contribution in [0.2, 0.25) is 5.15 Å². The van der Waals surface area contributed by atoms with Gasteiger partial charge in [-0.15, -0.1) is 0 Å². The summed E-state index contributed by atoms with van der Waals surface area (Å²) in [6.07, 6.45) is 4.62. The largest absolute Gasteiger partial charge is 0.259 e. The Balaban J connectivity index is 2.62. The molecule has 0 saturated carbocycles. The van der Waals surface area contributed by atoms with E-state index in [1.807, 2.05) is 6.07 Å². The van der Waals surface area contributed by atoms with Crippen LogP contribution < -0.4 is 0 Å². The monoisotopic (exact) mass is 219 g/mol. The van der Waals surface area contributed by atoms with Gasteiger partial charge in [-0.2, -0.15) is 10.4 Å². The van der Waals surface area contributed by atoms with Crippen LogP contribution in [0, 0.1) is 18.3 Å². The molecule has 2 aromatic rings. The Labute approximate surface area is 91.0 Å². The van der Waals surface area contributed by atoms with Gasteiger partial charge in [-0.3, -0.25) is 4.98 Å². The average molecular weight is 220 g/mol. The van der Waals surface area contributed by atoms with Gasteiger partial charge in [-0.1, -0.05) is 11.6 Å². The molecule has 0 aromatic carbocycles. The molecule has 0 spiro atoms. The van der Waals surface area contributed by atoms with Gasteiger partial charge in [0.2, 0.25) is 0 Å². The molecule has 6 heteroatoms. The van der Waals surface area contributed by atoms with Gasteiger partial charge in [0.1, 0.15) is 11.6 Å². The first kappa shape index (κ1) is 9.62. The first-order valence-electron chi connectivity index (χ1n) is 4.15. The lowest BCUT2D eigenvalue weighted by Crippen LogP contribution is -1.99. The molecule has 15 heavy (non-hydrogen) atoms. The maximum Gasteiger partial charge on any atom is 0.173 e. The van der Waals surface area contributed by atoms with Crippen molar-refractivity contribution in [3.05, 3.63) is 35.0 Å². The Hall–Kier alpha value is -1.93. The normalized spacial score (nSPS) is 9.93.